The maximum absolute atomic E-state index is 4.49. The third kappa shape index (κ3) is 4.10. The summed E-state index contributed by atoms with van der Waals surface area (Å²) >= 11 is 0. The highest BCUT2D eigenvalue weighted by molar-refractivity contribution is 5.61. The molecule has 24 heavy (non-hydrogen) atoms. The Kier molecular flexibility index (Phi) is 5.78. The van der Waals surface area contributed by atoms with Gasteiger partial charge in [-0.05, 0) is 12.0 Å². The van der Waals surface area contributed by atoms with Crippen LogP contribution >= 0.6 is 0 Å². The van der Waals surface area contributed by atoms with E-state index in [1.807, 2.05) is 6.07 Å². The minimum atomic E-state index is 0.867. The van der Waals surface area contributed by atoms with Gasteiger partial charge in [0.05, 0.1) is 5.69 Å². The number of unbranched alkanes of at least 4 members (excludes halogenated alkanes) is 3. The minimum Gasteiger partial charge on any atom is -0.248 e. The second-order valence-electron chi connectivity index (χ2n) is 6.20. The standard InChI is InChI=1S/C21H25N3/c1-2-3-4-11-16-24-20(17-18-12-7-5-8-13-18)21(22-23-24)19-14-9-6-10-15-19/h5-10,12-15H,2-4,11,16-17H2,1H3. The predicted octanol–water partition coefficient (Wildman–Crippen LogP) is 5.12. The highest BCUT2D eigenvalue weighted by Gasteiger charge is 2.14. The van der Waals surface area contributed by atoms with E-state index in [0.29, 0.717) is 0 Å². The smallest absolute Gasteiger partial charge is 0.116 e. The summed E-state index contributed by atoms with van der Waals surface area (Å²) in [5, 5.41) is 8.95. The molecule has 3 nitrogen and oxygen atoms in total. The zero-order chi connectivity index (χ0) is 16.6. The first-order valence-corrected chi connectivity index (χ1v) is 8.90. The predicted molar refractivity (Wildman–Crippen MR) is 98.8 cm³/mol. The highest BCUT2D eigenvalue weighted by atomic mass is 15.4. The molecule has 0 spiro atoms. The van der Waals surface area contributed by atoms with Gasteiger partial charge in [-0.2, -0.15) is 0 Å². The van der Waals surface area contributed by atoms with Gasteiger partial charge in [0, 0.05) is 18.5 Å². The molecule has 0 radical (unpaired) electrons. The summed E-state index contributed by atoms with van der Waals surface area (Å²) in [4.78, 5) is 0. The van der Waals surface area contributed by atoms with E-state index in [0.717, 1.165) is 30.6 Å². The third-order valence-electron chi connectivity index (χ3n) is 4.32. The van der Waals surface area contributed by atoms with Gasteiger partial charge in [-0.1, -0.05) is 92.1 Å². The fraction of sp³-hybridized carbons (Fsp3) is 0.333. The number of rotatable bonds is 8. The Hall–Kier alpha value is -2.42. The summed E-state index contributed by atoms with van der Waals surface area (Å²) in [7, 11) is 0. The number of benzene rings is 2. The van der Waals surface area contributed by atoms with E-state index in [1.165, 1.54) is 30.5 Å². The molecule has 0 amide bonds. The molecule has 2 aromatic carbocycles. The van der Waals surface area contributed by atoms with Gasteiger partial charge in [-0.3, -0.25) is 0 Å². The number of nitrogens with zero attached hydrogens (tertiary/aromatic N) is 3. The number of aryl methyl sites for hydroxylation is 1. The quantitative estimate of drug-likeness (QED) is 0.540. The second kappa shape index (κ2) is 8.44. The van der Waals surface area contributed by atoms with E-state index in [1.54, 1.807) is 0 Å². The summed E-state index contributed by atoms with van der Waals surface area (Å²) in [6, 6.07) is 21.0. The van der Waals surface area contributed by atoms with Crippen molar-refractivity contribution in [3.63, 3.8) is 0 Å². The second-order valence-corrected chi connectivity index (χ2v) is 6.20. The van der Waals surface area contributed by atoms with Gasteiger partial charge >= 0.3 is 0 Å². The van der Waals surface area contributed by atoms with Crippen LogP contribution in [0.5, 0.6) is 0 Å². The molecule has 0 N–H and O–H groups in total. The number of aromatic nitrogens is 3. The van der Waals surface area contributed by atoms with E-state index in [2.05, 4.69) is 76.5 Å². The van der Waals surface area contributed by atoms with Crippen LogP contribution in [0, 0.1) is 0 Å². The van der Waals surface area contributed by atoms with Crippen LogP contribution in [0.4, 0.5) is 0 Å². The lowest BCUT2D eigenvalue weighted by molar-refractivity contribution is 0.515. The lowest BCUT2D eigenvalue weighted by Crippen LogP contribution is -2.06. The SMILES string of the molecule is CCCCCCn1nnc(-c2ccccc2)c1Cc1ccccc1. The molecule has 0 atom stereocenters. The first kappa shape index (κ1) is 16.4. The Morgan fingerprint density at radius 2 is 1.54 bits per heavy atom. The summed E-state index contributed by atoms with van der Waals surface area (Å²) < 4.78 is 2.10. The number of hydrogen-bond donors (Lipinski definition) is 0. The maximum atomic E-state index is 4.49. The molecule has 0 saturated carbocycles. The summed E-state index contributed by atoms with van der Waals surface area (Å²) in [6.45, 7) is 3.19. The van der Waals surface area contributed by atoms with Crippen molar-refractivity contribution in [2.24, 2.45) is 0 Å². The molecule has 0 fully saturated rings. The average Bonchev–Trinajstić information content (AvgIpc) is 3.03. The van der Waals surface area contributed by atoms with E-state index in [9.17, 15) is 0 Å². The molecule has 1 heterocycles. The Morgan fingerprint density at radius 3 is 2.25 bits per heavy atom. The van der Waals surface area contributed by atoms with Gasteiger partial charge in [0.2, 0.25) is 0 Å². The first-order chi connectivity index (χ1) is 11.9. The fourth-order valence-corrected chi connectivity index (χ4v) is 2.99. The van der Waals surface area contributed by atoms with Crippen molar-refractivity contribution in [2.45, 2.75) is 45.6 Å². The monoisotopic (exact) mass is 319 g/mol. The topological polar surface area (TPSA) is 30.7 Å². The summed E-state index contributed by atoms with van der Waals surface area (Å²) in [5.74, 6) is 0. The lowest BCUT2D eigenvalue weighted by atomic mass is 10.0. The number of hydrogen-bond acceptors (Lipinski definition) is 2. The van der Waals surface area contributed by atoms with Crippen molar-refractivity contribution in [3.05, 3.63) is 71.9 Å². The molecule has 3 rings (SSSR count). The lowest BCUT2D eigenvalue weighted by Gasteiger charge is -2.09. The van der Waals surface area contributed by atoms with Crippen LogP contribution in [0.1, 0.15) is 43.9 Å². The zero-order valence-electron chi connectivity index (χ0n) is 14.4. The van der Waals surface area contributed by atoms with Crippen LogP contribution in [0.15, 0.2) is 60.7 Å². The molecular formula is C21H25N3. The molecule has 0 unspecified atom stereocenters. The van der Waals surface area contributed by atoms with Crippen LogP contribution in [-0.2, 0) is 13.0 Å². The van der Waals surface area contributed by atoms with E-state index in [4.69, 9.17) is 0 Å². The van der Waals surface area contributed by atoms with Gasteiger partial charge < -0.3 is 0 Å². The van der Waals surface area contributed by atoms with Crippen molar-refractivity contribution in [2.75, 3.05) is 0 Å². The molecule has 3 aromatic rings. The van der Waals surface area contributed by atoms with Gasteiger partial charge in [0.25, 0.3) is 0 Å². The first-order valence-electron chi connectivity index (χ1n) is 8.90. The van der Waals surface area contributed by atoms with Crippen LogP contribution in [0.3, 0.4) is 0 Å². The molecule has 0 bridgehead atoms. The van der Waals surface area contributed by atoms with Crippen LogP contribution in [0.25, 0.3) is 11.3 Å². The molecule has 0 saturated heterocycles. The Bertz CT molecular complexity index is 732. The third-order valence-corrected chi connectivity index (χ3v) is 4.32. The maximum Gasteiger partial charge on any atom is 0.116 e. The van der Waals surface area contributed by atoms with Crippen LogP contribution in [0.2, 0.25) is 0 Å². The molecule has 0 aliphatic carbocycles. The Labute approximate surface area is 144 Å². The Morgan fingerprint density at radius 1 is 0.833 bits per heavy atom. The molecule has 0 aliphatic rings. The van der Waals surface area contributed by atoms with E-state index < -0.39 is 0 Å². The van der Waals surface area contributed by atoms with Gasteiger partial charge in [-0.15, -0.1) is 5.10 Å². The van der Waals surface area contributed by atoms with E-state index >= 15 is 0 Å². The van der Waals surface area contributed by atoms with Crippen molar-refractivity contribution < 1.29 is 0 Å². The zero-order valence-corrected chi connectivity index (χ0v) is 14.4. The Balaban J connectivity index is 1.87. The molecule has 1 aromatic heterocycles. The van der Waals surface area contributed by atoms with Gasteiger partial charge in [0.15, 0.2) is 0 Å². The average molecular weight is 319 g/mol. The van der Waals surface area contributed by atoms with Gasteiger partial charge in [0.1, 0.15) is 5.69 Å². The van der Waals surface area contributed by atoms with Crippen molar-refractivity contribution >= 4 is 0 Å². The van der Waals surface area contributed by atoms with Crippen molar-refractivity contribution in [3.8, 4) is 11.3 Å². The molecule has 3 heteroatoms. The normalized spacial score (nSPS) is 10.9. The summed E-state index contributed by atoms with van der Waals surface area (Å²) in [5.41, 5.74) is 4.66. The van der Waals surface area contributed by atoms with Crippen LogP contribution in [-0.4, -0.2) is 15.0 Å². The van der Waals surface area contributed by atoms with E-state index in [-0.39, 0.29) is 0 Å². The largest absolute Gasteiger partial charge is 0.248 e. The minimum absolute atomic E-state index is 0.867. The van der Waals surface area contributed by atoms with Crippen molar-refractivity contribution in [1.29, 1.82) is 0 Å². The molecule has 0 aliphatic heterocycles. The molecule has 124 valence electrons. The molecular weight excluding hydrogens is 294 g/mol. The van der Waals surface area contributed by atoms with Crippen molar-refractivity contribution in [1.82, 2.24) is 15.0 Å². The highest BCUT2D eigenvalue weighted by Crippen LogP contribution is 2.23. The fourth-order valence-electron chi connectivity index (χ4n) is 2.99. The van der Waals surface area contributed by atoms with Gasteiger partial charge in [-0.25, -0.2) is 4.68 Å². The van der Waals surface area contributed by atoms with Crippen LogP contribution < -0.4 is 0 Å². The summed E-state index contributed by atoms with van der Waals surface area (Å²) in [6.07, 6.45) is 5.82.